The van der Waals surface area contributed by atoms with E-state index in [1.54, 1.807) is 34.6 Å². The fourth-order valence-corrected chi connectivity index (χ4v) is 8.04. The zero-order chi connectivity index (χ0) is 26.7. The summed E-state index contributed by atoms with van der Waals surface area (Å²) in [4.78, 5) is 21.9. The monoisotopic (exact) mass is 559 g/mol. The lowest BCUT2D eigenvalue weighted by Gasteiger charge is -2.34. The van der Waals surface area contributed by atoms with Crippen molar-refractivity contribution in [3.05, 3.63) is 53.8 Å². The molecule has 204 valence electrons. The van der Waals surface area contributed by atoms with Crippen LogP contribution >= 0.6 is 11.3 Å². The largest absolute Gasteiger partial charge is 0.351 e. The maximum Gasteiger partial charge on any atom is 0.251 e. The van der Waals surface area contributed by atoms with Gasteiger partial charge < -0.3 is 10.2 Å². The summed E-state index contributed by atoms with van der Waals surface area (Å²) in [5, 5.41) is 3.79. The van der Waals surface area contributed by atoms with Gasteiger partial charge in [0, 0.05) is 57.4 Å². The first kappa shape index (κ1) is 27.0. The number of carbonyl (C=O) groups is 1. The van der Waals surface area contributed by atoms with E-state index >= 15 is 0 Å². The second-order valence-corrected chi connectivity index (χ2v) is 12.8. The van der Waals surface area contributed by atoms with Crippen LogP contribution in [0.4, 0.5) is 9.52 Å². The molecule has 1 unspecified atom stereocenters. The number of hydrogen-bond donors (Lipinski definition) is 1. The third-order valence-electron chi connectivity index (χ3n) is 7.48. The number of halogens is 1. The number of nitrogens with one attached hydrogen (secondary N) is 1. The van der Waals surface area contributed by atoms with Crippen LogP contribution in [0.25, 0.3) is 10.2 Å². The highest BCUT2D eigenvalue weighted by Gasteiger charge is 2.32. The highest BCUT2D eigenvalue weighted by atomic mass is 32.2. The van der Waals surface area contributed by atoms with Crippen LogP contribution in [0.3, 0.4) is 0 Å². The van der Waals surface area contributed by atoms with E-state index < -0.39 is 10.0 Å². The number of aromatic nitrogens is 1. The second-order valence-electron chi connectivity index (χ2n) is 9.87. The van der Waals surface area contributed by atoms with Gasteiger partial charge in [-0.2, -0.15) is 4.31 Å². The lowest BCUT2D eigenvalue weighted by molar-refractivity contribution is 0.0947. The van der Waals surface area contributed by atoms with Gasteiger partial charge in [-0.1, -0.05) is 30.7 Å². The molecule has 2 saturated heterocycles. The van der Waals surface area contributed by atoms with Gasteiger partial charge in [0.15, 0.2) is 5.13 Å². The second kappa shape index (κ2) is 11.6. The molecule has 2 aliphatic rings. The Morgan fingerprint density at radius 3 is 2.55 bits per heavy atom. The molecule has 1 aromatic heterocycles. The Hall–Kier alpha value is -2.60. The van der Waals surface area contributed by atoms with Crippen molar-refractivity contribution < 1.29 is 17.6 Å². The van der Waals surface area contributed by atoms with Crippen LogP contribution in [0, 0.1) is 5.82 Å². The first-order valence-corrected chi connectivity index (χ1v) is 15.5. The summed E-state index contributed by atoms with van der Waals surface area (Å²) in [7, 11) is -3.56. The summed E-state index contributed by atoms with van der Waals surface area (Å²) in [6.07, 6.45) is 3.64. The molecule has 0 saturated carbocycles. The minimum atomic E-state index is -3.56. The molecule has 2 aromatic carbocycles. The van der Waals surface area contributed by atoms with E-state index in [4.69, 9.17) is 0 Å². The first-order chi connectivity index (χ1) is 18.4. The molecule has 38 heavy (non-hydrogen) atoms. The molecule has 0 spiro atoms. The van der Waals surface area contributed by atoms with Crippen LogP contribution in [-0.4, -0.2) is 80.4 Å². The van der Waals surface area contributed by atoms with Crippen molar-refractivity contribution in [1.82, 2.24) is 19.5 Å². The number of anilines is 1. The maximum atomic E-state index is 14.0. The van der Waals surface area contributed by atoms with Crippen molar-refractivity contribution in [3.63, 3.8) is 0 Å². The lowest BCUT2D eigenvalue weighted by Crippen LogP contribution is -2.48. The summed E-state index contributed by atoms with van der Waals surface area (Å²) in [6.45, 7) is 7.03. The number of carbonyl (C=O) groups excluding carboxylic acids is 1. The van der Waals surface area contributed by atoms with Gasteiger partial charge in [0.2, 0.25) is 10.0 Å². The van der Waals surface area contributed by atoms with Crippen molar-refractivity contribution >= 4 is 42.6 Å². The van der Waals surface area contributed by atoms with Crippen LogP contribution in [0.15, 0.2) is 47.4 Å². The normalized spacial score (nSPS) is 19.6. The minimum Gasteiger partial charge on any atom is -0.351 e. The first-order valence-electron chi connectivity index (χ1n) is 13.3. The molecule has 1 atom stereocenters. The standard InChI is InChI=1S/C27H34FN5O3S2/c1-2-21-6-3-4-14-33(21)38(35,36)22-11-9-20(10-12-22)26(34)29-13-15-31-16-18-32(19-17-31)27-30-25-23(28)7-5-8-24(25)37-27/h5,7-12,21H,2-4,6,13-19H2,1H3,(H,29,34). The van der Waals surface area contributed by atoms with E-state index in [0.717, 1.165) is 61.7 Å². The molecule has 1 N–H and O–H groups in total. The smallest absolute Gasteiger partial charge is 0.251 e. The van der Waals surface area contributed by atoms with Crippen molar-refractivity contribution in [1.29, 1.82) is 0 Å². The van der Waals surface area contributed by atoms with E-state index in [0.29, 0.717) is 30.7 Å². The van der Waals surface area contributed by atoms with Crippen LogP contribution in [-0.2, 0) is 10.0 Å². The Morgan fingerprint density at radius 1 is 1.08 bits per heavy atom. The highest BCUT2D eigenvalue weighted by molar-refractivity contribution is 7.89. The van der Waals surface area contributed by atoms with E-state index in [1.807, 2.05) is 13.0 Å². The lowest BCUT2D eigenvalue weighted by atomic mass is 10.0. The van der Waals surface area contributed by atoms with Crippen LogP contribution in [0.2, 0.25) is 0 Å². The fraction of sp³-hybridized carbons (Fsp3) is 0.481. The summed E-state index contributed by atoms with van der Waals surface area (Å²) in [6, 6.07) is 11.3. The van der Waals surface area contributed by atoms with Crippen molar-refractivity contribution in [2.45, 2.75) is 43.5 Å². The Morgan fingerprint density at radius 2 is 1.84 bits per heavy atom. The number of fused-ring (bicyclic) bond motifs is 1. The number of benzene rings is 2. The Kier molecular flexibility index (Phi) is 8.27. The molecule has 0 radical (unpaired) electrons. The van der Waals surface area contributed by atoms with E-state index in [-0.39, 0.29) is 22.7 Å². The molecular formula is C27H34FN5O3S2. The molecule has 0 aliphatic carbocycles. The van der Waals surface area contributed by atoms with E-state index in [9.17, 15) is 17.6 Å². The molecule has 1 amide bonds. The predicted octanol–water partition coefficient (Wildman–Crippen LogP) is 3.94. The van der Waals surface area contributed by atoms with Crippen molar-refractivity contribution in [3.8, 4) is 0 Å². The number of piperidine rings is 1. The highest BCUT2D eigenvalue weighted by Crippen LogP contribution is 2.31. The zero-order valence-electron chi connectivity index (χ0n) is 21.6. The Bertz CT molecular complexity index is 1370. The van der Waals surface area contributed by atoms with E-state index in [2.05, 4.69) is 20.1 Å². The Balaban J connectivity index is 1.09. The van der Waals surface area contributed by atoms with Gasteiger partial charge in [-0.3, -0.25) is 9.69 Å². The average molecular weight is 560 g/mol. The van der Waals surface area contributed by atoms with E-state index in [1.165, 1.54) is 17.4 Å². The molecule has 2 fully saturated rings. The molecule has 3 aromatic rings. The molecule has 11 heteroatoms. The van der Waals surface area contributed by atoms with Crippen LogP contribution in [0.1, 0.15) is 43.0 Å². The molecule has 8 nitrogen and oxygen atoms in total. The summed E-state index contributed by atoms with van der Waals surface area (Å²) in [5.74, 6) is -0.503. The Labute approximate surface area is 227 Å². The van der Waals surface area contributed by atoms with Crippen LogP contribution in [0.5, 0.6) is 0 Å². The zero-order valence-corrected chi connectivity index (χ0v) is 23.2. The third-order valence-corrected chi connectivity index (χ3v) is 10.5. The molecule has 2 aliphatic heterocycles. The predicted molar refractivity (Wildman–Crippen MR) is 149 cm³/mol. The quantitative estimate of drug-likeness (QED) is 0.450. The number of nitrogens with zero attached hydrogens (tertiary/aromatic N) is 4. The van der Waals surface area contributed by atoms with Gasteiger partial charge in [0.05, 0.1) is 9.60 Å². The molecule has 3 heterocycles. The molecular weight excluding hydrogens is 525 g/mol. The number of amides is 1. The number of rotatable bonds is 8. The molecule has 0 bridgehead atoms. The summed E-state index contributed by atoms with van der Waals surface area (Å²) >= 11 is 1.51. The third kappa shape index (κ3) is 5.70. The summed E-state index contributed by atoms with van der Waals surface area (Å²) < 4.78 is 42.8. The number of sulfonamides is 1. The van der Waals surface area contributed by atoms with Crippen LogP contribution < -0.4 is 10.2 Å². The molecule has 5 rings (SSSR count). The number of para-hydroxylation sites is 1. The number of thiazole rings is 1. The fourth-order valence-electron chi connectivity index (χ4n) is 5.24. The van der Waals surface area contributed by atoms with Crippen molar-refractivity contribution in [2.24, 2.45) is 0 Å². The van der Waals surface area contributed by atoms with Gasteiger partial charge in [0.1, 0.15) is 11.3 Å². The average Bonchev–Trinajstić information content (AvgIpc) is 3.39. The van der Waals surface area contributed by atoms with Gasteiger partial charge in [-0.15, -0.1) is 0 Å². The van der Waals surface area contributed by atoms with Gasteiger partial charge >= 0.3 is 0 Å². The van der Waals surface area contributed by atoms with Gasteiger partial charge in [0.25, 0.3) is 5.91 Å². The SMILES string of the molecule is CCC1CCCCN1S(=O)(=O)c1ccc(C(=O)NCCN2CCN(c3nc4c(F)cccc4s3)CC2)cc1. The van der Waals surface area contributed by atoms with Crippen molar-refractivity contribution in [2.75, 3.05) is 50.7 Å². The topological polar surface area (TPSA) is 85.8 Å². The number of hydrogen-bond acceptors (Lipinski definition) is 7. The maximum absolute atomic E-state index is 14.0. The minimum absolute atomic E-state index is 0.0443. The van der Waals surface area contributed by atoms with Gasteiger partial charge in [-0.25, -0.2) is 17.8 Å². The number of piperazine rings is 1. The van der Waals surface area contributed by atoms with Gasteiger partial charge in [-0.05, 0) is 55.7 Å². The summed E-state index contributed by atoms with van der Waals surface area (Å²) in [5.41, 5.74) is 0.877.